The van der Waals surface area contributed by atoms with Gasteiger partial charge in [-0.1, -0.05) is 42.0 Å². The molecule has 0 spiro atoms. The van der Waals surface area contributed by atoms with Crippen molar-refractivity contribution in [2.24, 2.45) is 0 Å². The maximum Gasteiger partial charge on any atom is 0.319 e. The lowest BCUT2D eigenvalue weighted by Crippen LogP contribution is -2.26. The van der Waals surface area contributed by atoms with Crippen LogP contribution in [0.25, 0.3) is 0 Å². The molecule has 0 aliphatic heterocycles. The van der Waals surface area contributed by atoms with E-state index in [0.29, 0.717) is 13.1 Å². The molecule has 0 fully saturated rings. The van der Waals surface area contributed by atoms with Gasteiger partial charge in [-0.3, -0.25) is 4.79 Å². The number of rotatable bonds is 10. The summed E-state index contributed by atoms with van der Waals surface area (Å²) in [5.41, 5.74) is 4.48. The van der Waals surface area contributed by atoms with Crippen LogP contribution in [0, 0.1) is 6.92 Å². The molecule has 35 heavy (non-hydrogen) atoms. The largest absolute Gasteiger partial charge is 0.480 e. The number of hydrogen-bond donors (Lipinski definition) is 1. The zero-order chi connectivity index (χ0) is 24.8. The van der Waals surface area contributed by atoms with Crippen molar-refractivity contribution in [2.45, 2.75) is 49.9 Å². The van der Waals surface area contributed by atoms with E-state index < -0.39 is 10.7 Å². The first-order valence-corrected chi connectivity index (χ1v) is 12.3. The van der Waals surface area contributed by atoms with Gasteiger partial charge in [-0.05, 0) is 56.2 Å². The molecule has 4 rings (SSSR count). The molecule has 0 amide bonds. The molecule has 2 aromatic heterocycles. The number of hydrogen-bond acceptors (Lipinski definition) is 6. The van der Waals surface area contributed by atoms with Crippen molar-refractivity contribution in [3.05, 3.63) is 107 Å². The Bertz CT molecular complexity index is 1250. The second-order valence-electron chi connectivity index (χ2n) is 9.03. The van der Waals surface area contributed by atoms with Crippen LogP contribution in [-0.2, 0) is 24.3 Å². The summed E-state index contributed by atoms with van der Waals surface area (Å²) >= 11 is 1.34. The van der Waals surface area contributed by atoms with E-state index in [9.17, 15) is 9.90 Å². The van der Waals surface area contributed by atoms with Gasteiger partial charge in [0.15, 0.2) is 0 Å². The van der Waals surface area contributed by atoms with Gasteiger partial charge in [0, 0.05) is 23.9 Å². The molecule has 0 aliphatic carbocycles. The van der Waals surface area contributed by atoms with Gasteiger partial charge in [-0.2, -0.15) is 0 Å². The Hall–Kier alpha value is -3.58. The van der Waals surface area contributed by atoms with E-state index in [2.05, 4.69) is 46.1 Å². The third-order valence-electron chi connectivity index (χ3n) is 5.65. The summed E-state index contributed by atoms with van der Waals surface area (Å²) in [6, 6.07) is 22.3. The number of aromatic nitrogens is 2. The van der Waals surface area contributed by atoms with Crippen LogP contribution in [0.2, 0.25) is 0 Å². The highest BCUT2D eigenvalue weighted by atomic mass is 32.2. The minimum Gasteiger partial charge on any atom is -0.480 e. The van der Waals surface area contributed by atoms with Crippen LogP contribution in [-0.4, -0.2) is 25.8 Å². The van der Waals surface area contributed by atoms with E-state index in [1.54, 1.807) is 26.4 Å². The number of aliphatic carboxylic acids is 1. The average molecular weight is 488 g/mol. The lowest BCUT2D eigenvalue weighted by atomic mass is 10.1. The molecule has 7 heteroatoms. The molecule has 0 bridgehead atoms. The predicted molar refractivity (Wildman–Crippen MR) is 139 cm³/mol. The normalized spacial score (nSPS) is 11.4. The summed E-state index contributed by atoms with van der Waals surface area (Å²) in [5.74, 6) is 0.837. The fourth-order valence-electron chi connectivity index (χ4n) is 3.60. The van der Waals surface area contributed by atoms with Crippen molar-refractivity contribution in [3.63, 3.8) is 0 Å². The fourth-order valence-corrected chi connectivity index (χ4v) is 4.55. The van der Waals surface area contributed by atoms with Crippen LogP contribution >= 0.6 is 11.8 Å². The molecular formula is C28H29N3O3S. The first-order chi connectivity index (χ1) is 16.8. The third-order valence-corrected chi connectivity index (χ3v) is 6.84. The number of thioether (sulfide) groups is 1. The molecule has 0 radical (unpaired) electrons. The van der Waals surface area contributed by atoms with Crippen LogP contribution in [0.3, 0.4) is 0 Å². The highest BCUT2D eigenvalue weighted by Crippen LogP contribution is 2.33. The van der Waals surface area contributed by atoms with Crippen LogP contribution < -0.4 is 4.90 Å². The van der Waals surface area contributed by atoms with E-state index in [0.717, 1.165) is 34.2 Å². The SMILES string of the molecule is Cc1ccc(Cc2cc(N(Cc3ccc(SC(C)(C)C(=O)O)cc3)Cc3ccco3)ncn2)cc1. The number of anilines is 1. The summed E-state index contributed by atoms with van der Waals surface area (Å²) in [5, 5.41) is 9.40. The van der Waals surface area contributed by atoms with Crippen molar-refractivity contribution >= 4 is 23.5 Å². The van der Waals surface area contributed by atoms with Gasteiger partial charge in [-0.25, -0.2) is 9.97 Å². The maximum absolute atomic E-state index is 11.5. The molecule has 2 heterocycles. The van der Waals surface area contributed by atoms with Crippen molar-refractivity contribution in [1.82, 2.24) is 9.97 Å². The van der Waals surface area contributed by atoms with Gasteiger partial charge >= 0.3 is 5.97 Å². The van der Waals surface area contributed by atoms with E-state index in [1.807, 2.05) is 42.5 Å². The minimum atomic E-state index is -0.887. The van der Waals surface area contributed by atoms with Gasteiger partial charge in [-0.15, -0.1) is 11.8 Å². The molecule has 0 saturated heterocycles. The zero-order valence-electron chi connectivity index (χ0n) is 20.1. The number of aryl methyl sites for hydroxylation is 1. The summed E-state index contributed by atoms with van der Waals surface area (Å²) in [4.78, 5) is 23.6. The first-order valence-electron chi connectivity index (χ1n) is 11.4. The third kappa shape index (κ3) is 6.73. The van der Waals surface area contributed by atoms with Gasteiger partial charge in [0.25, 0.3) is 0 Å². The van der Waals surface area contributed by atoms with Gasteiger partial charge < -0.3 is 14.4 Å². The first kappa shape index (κ1) is 24.5. The Labute approximate surface area is 210 Å². The number of furan rings is 1. The quantitative estimate of drug-likeness (QED) is 0.270. The summed E-state index contributed by atoms with van der Waals surface area (Å²) in [6.07, 6.45) is 4.02. The summed E-state index contributed by atoms with van der Waals surface area (Å²) in [7, 11) is 0. The molecule has 0 unspecified atom stereocenters. The Morgan fingerprint density at radius 1 is 1.00 bits per heavy atom. The number of carboxylic acids is 1. The van der Waals surface area contributed by atoms with Gasteiger partial charge in [0.05, 0.1) is 18.5 Å². The lowest BCUT2D eigenvalue weighted by Gasteiger charge is -2.23. The Kier molecular flexibility index (Phi) is 7.56. The molecular weight excluding hydrogens is 458 g/mol. The number of carboxylic acid groups (broad SMARTS) is 1. The van der Waals surface area contributed by atoms with Gasteiger partial charge in [0.2, 0.25) is 0 Å². The second kappa shape index (κ2) is 10.8. The average Bonchev–Trinajstić information content (AvgIpc) is 3.34. The predicted octanol–water partition coefficient (Wildman–Crippen LogP) is 6.13. The van der Waals surface area contributed by atoms with Crippen LogP contribution in [0.15, 0.2) is 88.6 Å². The van der Waals surface area contributed by atoms with Crippen molar-refractivity contribution < 1.29 is 14.3 Å². The Balaban J connectivity index is 1.54. The van der Waals surface area contributed by atoms with Crippen LogP contribution in [0.4, 0.5) is 5.82 Å². The van der Waals surface area contributed by atoms with Gasteiger partial charge in [0.1, 0.15) is 22.7 Å². The monoisotopic (exact) mass is 487 g/mol. The molecule has 0 saturated carbocycles. The summed E-state index contributed by atoms with van der Waals surface area (Å²) < 4.78 is 4.73. The molecule has 2 aromatic carbocycles. The lowest BCUT2D eigenvalue weighted by molar-refractivity contribution is -0.138. The molecule has 4 aromatic rings. The summed E-state index contributed by atoms with van der Waals surface area (Å²) in [6.45, 7) is 6.69. The molecule has 1 N–H and O–H groups in total. The van der Waals surface area contributed by atoms with Crippen LogP contribution in [0.5, 0.6) is 0 Å². The smallest absolute Gasteiger partial charge is 0.319 e. The molecule has 0 aliphatic rings. The highest BCUT2D eigenvalue weighted by Gasteiger charge is 2.28. The van der Waals surface area contributed by atoms with E-state index in [1.165, 1.54) is 22.9 Å². The standard InChI is InChI=1S/C28H29N3O3S/c1-20-6-8-21(9-7-20)15-23-16-26(30-19-29-23)31(18-24-5-4-14-34-24)17-22-10-12-25(13-11-22)35-28(2,3)27(32)33/h4-14,16,19H,15,17-18H2,1-3H3,(H,32,33). The topological polar surface area (TPSA) is 79.5 Å². The second-order valence-corrected chi connectivity index (χ2v) is 10.7. The van der Waals surface area contributed by atoms with Crippen molar-refractivity contribution in [2.75, 3.05) is 4.90 Å². The Morgan fingerprint density at radius 2 is 1.71 bits per heavy atom. The van der Waals surface area contributed by atoms with E-state index in [-0.39, 0.29) is 0 Å². The molecule has 0 atom stereocenters. The highest BCUT2D eigenvalue weighted by molar-refractivity contribution is 8.01. The zero-order valence-corrected chi connectivity index (χ0v) is 21.0. The van der Waals surface area contributed by atoms with Crippen molar-refractivity contribution in [1.29, 1.82) is 0 Å². The maximum atomic E-state index is 11.5. The van der Waals surface area contributed by atoms with E-state index in [4.69, 9.17) is 4.42 Å². The number of nitrogens with zero attached hydrogens (tertiary/aromatic N) is 3. The van der Waals surface area contributed by atoms with Crippen LogP contribution in [0.1, 0.15) is 42.0 Å². The minimum absolute atomic E-state index is 0.566. The Morgan fingerprint density at radius 3 is 2.37 bits per heavy atom. The number of benzene rings is 2. The molecule has 6 nitrogen and oxygen atoms in total. The van der Waals surface area contributed by atoms with E-state index >= 15 is 0 Å². The fraction of sp³-hybridized carbons (Fsp3) is 0.250. The molecule has 180 valence electrons. The van der Waals surface area contributed by atoms with Crippen molar-refractivity contribution in [3.8, 4) is 0 Å². The number of carbonyl (C=O) groups is 1.